The van der Waals surface area contributed by atoms with Crippen LogP contribution in [-0.4, -0.2) is 4.40 Å². The zero-order chi connectivity index (χ0) is 17.3. The van der Waals surface area contributed by atoms with Crippen molar-refractivity contribution in [3.05, 3.63) is 47.4 Å². The SMILES string of the molecule is CC(C)(C)c1cccc2ccn3c4c([n+](C(C)(C)C)c3c12)CCC4. The second-order valence-electron chi connectivity index (χ2n) is 9.28. The molecular weight excluding hydrogens is 292 g/mol. The highest BCUT2D eigenvalue weighted by Crippen LogP contribution is 2.35. The third kappa shape index (κ3) is 2.12. The maximum absolute atomic E-state index is 2.62. The predicted molar refractivity (Wildman–Crippen MR) is 101 cm³/mol. The monoisotopic (exact) mass is 321 g/mol. The summed E-state index contributed by atoms with van der Waals surface area (Å²) in [6.45, 7) is 14.0. The number of rotatable bonds is 0. The number of imidazole rings is 1. The number of benzene rings is 1. The molecule has 0 aliphatic heterocycles. The third-order valence-electron chi connectivity index (χ3n) is 5.36. The molecule has 2 heteroatoms. The molecule has 1 aliphatic carbocycles. The van der Waals surface area contributed by atoms with Gasteiger partial charge in [0.2, 0.25) is 0 Å². The number of pyridine rings is 1. The molecule has 2 aromatic heterocycles. The minimum atomic E-state index is 0.0858. The van der Waals surface area contributed by atoms with Crippen LogP contribution in [0.15, 0.2) is 30.5 Å². The van der Waals surface area contributed by atoms with E-state index in [-0.39, 0.29) is 11.0 Å². The fourth-order valence-electron chi connectivity index (χ4n) is 4.43. The molecule has 0 radical (unpaired) electrons. The summed E-state index contributed by atoms with van der Waals surface area (Å²) in [6, 6.07) is 9.07. The van der Waals surface area contributed by atoms with E-state index in [1.54, 1.807) is 5.69 Å². The van der Waals surface area contributed by atoms with Gasteiger partial charge in [0.25, 0.3) is 5.65 Å². The van der Waals surface area contributed by atoms with Crippen molar-refractivity contribution in [1.29, 1.82) is 0 Å². The van der Waals surface area contributed by atoms with Gasteiger partial charge in [-0.05, 0) is 49.6 Å². The summed E-state index contributed by atoms with van der Waals surface area (Å²) >= 11 is 0. The Morgan fingerprint density at radius 2 is 1.71 bits per heavy atom. The Morgan fingerprint density at radius 1 is 0.958 bits per heavy atom. The number of hydrogen-bond donors (Lipinski definition) is 0. The largest absolute Gasteiger partial charge is 0.295 e. The molecule has 0 N–H and O–H groups in total. The molecule has 0 saturated heterocycles. The average Bonchev–Trinajstić information content (AvgIpc) is 3.03. The molecule has 1 aliphatic rings. The van der Waals surface area contributed by atoms with Gasteiger partial charge in [-0.3, -0.25) is 0 Å². The molecular formula is C22H29N2+. The molecule has 0 spiro atoms. The Hall–Kier alpha value is -1.83. The molecule has 0 unspecified atom stereocenters. The highest BCUT2D eigenvalue weighted by atomic mass is 15.2. The molecule has 126 valence electrons. The summed E-state index contributed by atoms with van der Waals surface area (Å²) in [5.41, 5.74) is 6.10. The number of aryl methyl sites for hydroxylation is 1. The maximum Gasteiger partial charge on any atom is 0.295 e. The van der Waals surface area contributed by atoms with Crippen LogP contribution in [0.4, 0.5) is 0 Å². The lowest BCUT2D eigenvalue weighted by atomic mass is 9.84. The summed E-state index contributed by atoms with van der Waals surface area (Å²) in [5, 5.41) is 2.78. The van der Waals surface area contributed by atoms with Gasteiger partial charge in [-0.25, -0.2) is 4.57 Å². The first kappa shape index (κ1) is 15.7. The van der Waals surface area contributed by atoms with Gasteiger partial charge < -0.3 is 0 Å². The van der Waals surface area contributed by atoms with Crippen LogP contribution in [0.3, 0.4) is 0 Å². The molecule has 2 heterocycles. The van der Waals surface area contributed by atoms with Gasteiger partial charge in [-0.2, -0.15) is 4.40 Å². The van der Waals surface area contributed by atoms with Crippen molar-refractivity contribution in [3.8, 4) is 0 Å². The molecule has 0 atom stereocenters. The van der Waals surface area contributed by atoms with Crippen LogP contribution >= 0.6 is 0 Å². The Bertz CT molecular complexity index is 946. The van der Waals surface area contributed by atoms with Crippen LogP contribution in [0, 0.1) is 0 Å². The zero-order valence-electron chi connectivity index (χ0n) is 15.9. The smallest absolute Gasteiger partial charge is 0.222 e. The van der Waals surface area contributed by atoms with Gasteiger partial charge in [0, 0.05) is 12.8 Å². The van der Waals surface area contributed by atoms with Gasteiger partial charge in [0.15, 0.2) is 5.69 Å². The van der Waals surface area contributed by atoms with Crippen LogP contribution in [-0.2, 0) is 23.8 Å². The summed E-state index contributed by atoms with van der Waals surface area (Å²) in [4.78, 5) is 0. The normalized spacial score (nSPS) is 15.4. The zero-order valence-corrected chi connectivity index (χ0v) is 15.9. The molecule has 0 amide bonds. The van der Waals surface area contributed by atoms with E-state index in [2.05, 4.69) is 81.0 Å². The molecule has 1 aromatic carbocycles. The molecule has 4 rings (SSSR count). The van der Waals surface area contributed by atoms with E-state index in [1.165, 1.54) is 46.9 Å². The van der Waals surface area contributed by atoms with E-state index in [9.17, 15) is 0 Å². The van der Waals surface area contributed by atoms with Gasteiger partial charge in [-0.15, -0.1) is 0 Å². The third-order valence-corrected chi connectivity index (χ3v) is 5.36. The van der Waals surface area contributed by atoms with Crippen molar-refractivity contribution < 1.29 is 4.57 Å². The standard InChI is InChI=1S/C22H29N2/c1-21(2,3)16-10-7-9-15-13-14-23-17-11-8-12-18(17)24(22(4,5)6)20(23)19(15)16/h7,9-10,13-14H,8,11-12H2,1-6H3/q+1. The number of fused-ring (bicyclic) bond motifs is 5. The topological polar surface area (TPSA) is 8.29 Å². The average molecular weight is 321 g/mol. The molecule has 0 fully saturated rings. The van der Waals surface area contributed by atoms with Gasteiger partial charge >= 0.3 is 0 Å². The highest BCUT2D eigenvalue weighted by Gasteiger charge is 2.37. The Morgan fingerprint density at radius 3 is 2.38 bits per heavy atom. The summed E-state index contributed by atoms with van der Waals surface area (Å²) in [6.07, 6.45) is 5.97. The van der Waals surface area contributed by atoms with Crippen molar-refractivity contribution in [2.75, 3.05) is 0 Å². The Labute approximate surface area is 145 Å². The lowest BCUT2D eigenvalue weighted by molar-refractivity contribution is -0.735. The van der Waals surface area contributed by atoms with Crippen LogP contribution < -0.4 is 4.57 Å². The molecule has 3 aromatic rings. The number of aromatic nitrogens is 2. The lowest BCUT2D eigenvalue weighted by Gasteiger charge is -2.23. The molecule has 0 saturated carbocycles. The Kier molecular flexibility index (Phi) is 3.16. The fourth-order valence-corrected chi connectivity index (χ4v) is 4.43. The van der Waals surface area contributed by atoms with Crippen molar-refractivity contribution >= 4 is 16.4 Å². The van der Waals surface area contributed by atoms with E-state index < -0.39 is 0 Å². The maximum atomic E-state index is 2.62. The summed E-state index contributed by atoms with van der Waals surface area (Å²) in [5.74, 6) is 0. The van der Waals surface area contributed by atoms with Gasteiger partial charge in [0.1, 0.15) is 11.2 Å². The fraction of sp³-hybridized carbons (Fsp3) is 0.500. The van der Waals surface area contributed by atoms with E-state index in [1.807, 2.05) is 0 Å². The first-order valence-electron chi connectivity index (χ1n) is 9.20. The van der Waals surface area contributed by atoms with Gasteiger partial charge in [-0.1, -0.05) is 39.0 Å². The quantitative estimate of drug-likeness (QED) is 0.519. The van der Waals surface area contributed by atoms with Crippen molar-refractivity contribution in [2.45, 2.75) is 71.8 Å². The number of hydrogen-bond acceptors (Lipinski definition) is 0. The van der Waals surface area contributed by atoms with Crippen LogP contribution in [0.5, 0.6) is 0 Å². The van der Waals surface area contributed by atoms with E-state index in [4.69, 9.17) is 0 Å². The molecule has 2 nitrogen and oxygen atoms in total. The Balaban J connectivity index is 2.27. The second kappa shape index (κ2) is 4.84. The van der Waals surface area contributed by atoms with Crippen LogP contribution in [0.25, 0.3) is 16.4 Å². The molecule has 0 bridgehead atoms. The second-order valence-corrected chi connectivity index (χ2v) is 9.28. The summed E-state index contributed by atoms with van der Waals surface area (Å²) < 4.78 is 5.10. The highest BCUT2D eigenvalue weighted by molar-refractivity contribution is 5.96. The van der Waals surface area contributed by atoms with Crippen LogP contribution in [0.2, 0.25) is 0 Å². The minimum absolute atomic E-state index is 0.0858. The summed E-state index contributed by atoms with van der Waals surface area (Å²) in [7, 11) is 0. The van der Waals surface area contributed by atoms with E-state index >= 15 is 0 Å². The van der Waals surface area contributed by atoms with E-state index in [0.717, 1.165) is 0 Å². The minimum Gasteiger partial charge on any atom is -0.222 e. The van der Waals surface area contributed by atoms with Crippen LogP contribution in [0.1, 0.15) is 64.9 Å². The molecule has 24 heavy (non-hydrogen) atoms. The van der Waals surface area contributed by atoms with E-state index in [0.29, 0.717) is 0 Å². The first-order valence-corrected chi connectivity index (χ1v) is 9.20. The van der Waals surface area contributed by atoms with Crippen molar-refractivity contribution in [1.82, 2.24) is 4.40 Å². The van der Waals surface area contributed by atoms with Gasteiger partial charge in [0.05, 0.1) is 11.6 Å². The van der Waals surface area contributed by atoms with Crippen molar-refractivity contribution in [2.24, 2.45) is 0 Å². The predicted octanol–water partition coefficient (Wildman–Crippen LogP) is 4.92. The number of nitrogens with zero attached hydrogens (tertiary/aromatic N) is 2. The van der Waals surface area contributed by atoms with Crippen molar-refractivity contribution in [3.63, 3.8) is 0 Å². The lowest BCUT2D eigenvalue weighted by Crippen LogP contribution is -2.52. The first-order chi connectivity index (χ1) is 11.2.